The molecule has 1 aromatic rings. The first-order chi connectivity index (χ1) is 10.2. The molecule has 1 aromatic carbocycles. The van der Waals surface area contributed by atoms with Gasteiger partial charge in [-0.15, -0.1) is 0 Å². The Balaban J connectivity index is 1.75. The van der Waals surface area contributed by atoms with Crippen LogP contribution in [0.25, 0.3) is 0 Å². The number of likely N-dealkylation sites (tertiary alicyclic amines) is 1. The van der Waals surface area contributed by atoms with E-state index in [1.54, 1.807) is 7.05 Å². The Hall–Kier alpha value is -1.26. The molecule has 2 rings (SSSR count). The number of hydrogen-bond donors (Lipinski definition) is 2. The van der Waals surface area contributed by atoms with E-state index in [0.717, 1.165) is 43.1 Å². The molecule has 2 N–H and O–H groups in total. The summed E-state index contributed by atoms with van der Waals surface area (Å²) >= 11 is 6.23. The molecule has 1 fully saturated rings. The van der Waals surface area contributed by atoms with E-state index in [4.69, 9.17) is 11.6 Å². The molecule has 116 valence electrons. The number of benzene rings is 1. The van der Waals surface area contributed by atoms with E-state index >= 15 is 0 Å². The Morgan fingerprint density at radius 3 is 2.67 bits per heavy atom. The molecular formula is C16H25ClN4. The van der Waals surface area contributed by atoms with Crippen molar-refractivity contribution in [2.45, 2.75) is 19.4 Å². The fraction of sp³-hybridized carbons (Fsp3) is 0.562. The number of halogens is 1. The van der Waals surface area contributed by atoms with Crippen LogP contribution in [0.3, 0.4) is 0 Å². The third-order valence-electron chi connectivity index (χ3n) is 4.08. The Kier molecular flexibility index (Phi) is 6.33. The zero-order valence-electron chi connectivity index (χ0n) is 12.9. The third-order valence-corrected chi connectivity index (χ3v) is 4.45. The topological polar surface area (TPSA) is 39.7 Å². The number of piperidine rings is 1. The Morgan fingerprint density at radius 1 is 1.33 bits per heavy atom. The van der Waals surface area contributed by atoms with Crippen LogP contribution in [0, 0.1) is 5.92 Å². The van der Waals surface area contributed by atoms with Gasteiger partial charge in [-0.1, -0.05) is 29.8 Å². The van der Waals surface area contributed by atoms with E-state index in [1.807, 2.05) is 19.2 Å². The molecule has 1 heterocycles. The van der Waals surface area contributed by atoms with Crippen LogP contribution in [-0.4, -0.2) is 44.6 Å². The number of rotatable bonds is 4. The minimum atomic E-state index is 0.720. The summed E-state index contributed by atoms with van der Waals surface area (Å²) in [4.78, 5) is 6.63. The highest BCUT2D eigenvalue weighted by molar-refractivity contribution is 6.31. The molecule has 0 unspecified atom stereocenters. The van der Waals surface area contributed by atoms with Crippen molar-refractivity contribution in [3.05, 3.63) is 34.9 Å². The number of nitrogens with one attached hydrogen (secondary N) is 2. The van der Waals surface area contributed by atoms with E-state index in [-0.39, 0.29) is 0 Å². The molecule has 5 heteroatoms. The molecule has 0 spiro atoms. The van der Waals surface area contributed by atoms with Gasteiger partial charge in [-0.25, -0.2) is 0 Å². The summed E-state index contributed by atoms with van der Waals surface area (Å²) < 4.78 is 0. The van der Waals surface area contributed by atoms with Gasteiger partial charge in [0.2, 0.25) is 0 Å². The maximum absolute atomic E-state index is 6.23. The first kappa shape index (κ1) is 16.1. The maximum Gasteiger partial charge on any atom is 0.190 e. The monoisotopic (exact) mass is 308 g/mol. The van der Waals surface area contributed by atoms with Crippen LogP contribution in [0.5, 0.6) is 0 Å². The van der Waals surface area contributed by atoms with Gasteiger partial charge in [0.05, 0.1) is 0 Å². The summed E-state index contributed by atoms with van der Waals surface area (Å²) in [5.41, 5.74) is 1.23. The minimum Gasteiger partial charge on any atom is -0.359 e. The largest absolute Gasteiger partial charge is 0.359 e. The van der Waals surface area contributed by atoms with Crippen LogP contribution in [0.4, 0.5) is 0 Å². The van der Waals surface area contributed by atoms with Crippen LogP contribution < -0.4 is 10.6 Å². The molecule has 0 aromatic heterocycles. The van der Waals surface area contributed by atoms with Gasteiger partial charge in [0.1, 0.15) is 0 Å². The zero-order valence-corrected chi connectivity index (χ0v) is 13.7. The summed E-state index contributed by atoms with van der Waals surface area (Å²) in [6.45, 7) is 4.22. The lowest BCUT2D eigenvalue weighted by Gasteiger charge is -2.32. The Labute approximate surface area is 132 Å². The van der Waals surface area contributed by atoms with Crippen molar-refractivity contribution in [2.24, 2.45) is 10.9 Å². The van der Waals surface area contributed by atoms with E-state index in [9.17, 15) is 0 Å². The van der Waals surface area contributed by atoms with Gasteiger partial charge >= 0.3 is 0 Å². The van der Waals surface area contributed by atoms with Gasteiger partial charge < -0.3 is 10.6 Å². The summed E-state index contributed by atoms with van der Waals surface area (Å²) in [5.74, 6) is 1.59. The van der Waals surface area contributed by atoms with Gasteiger partial charge in [0, 0.05) is 32.2 Å². The lowest BCUT2D eigenvalue weighted by molar-refractivity contribution is 0.178. The zero-order chi connectivity index (χ0) is 15.1. The summed E-state index contributed by atoms with van der Waals surface area (Å²) in [5, 5.41) is 7.29. The van der Waals surface area contributed by atoms with Crippen LogP contribution in [0.1, 0.15) is 18.4 Å². The van der Waals surface area contributed by atoms with Crippen LogP contribution in [0.2, 0.25) is 5.02 Å². The van der Waals surface area contributed by atoms with Crippen molar-refractivity contribution in [2.75, 3.05) is 33.7 Å². The van der Waals surface area contributed by atoms with Crippen molar-refractivity contribution in [3.63, 3.8) is 0 Å². The first-order valence-electron chi connectivity index (χ1n) is 7.57. The Bertz CT molecular complexity index is 467. The molecule has 0 aliphatic carbocycles. The van der Waals surface area contributed by atoms with Gasteiger partial charge in [-0.3, -0.25) is 9.89 Å². The first-order valence-corrected chi connectivity index (χ1v) is 7.95. The molecular weight excluding hydrogens is 284 g/mol. The molecule has 1 saturated heterocycles. The summed E-state index contributed by atoms with van der Waals surface area (Å²) in [6, 6.07) is 8.13. The number of hydrogen-bond acceptors (Lipinski definition) is 2. The lowest BCUT2D eigenvalue weighted by Crippen LogP contribution is -2.41. The maximum atomic E-state index is 6.23. The second kappa shape index (κ2) is 8.25. The molecule has 0 radical (unpaired) electrons. The molecule has 0 amide bonds. The number of guanidine groups is 1. The van der Waals surface area contributed by atoms with Crippen LogP contribution >= 0.6 is 11.6 Å². The lowest BCUT2D eigenvalue weighted by atomic mass is 9.96. The second-order valence-electron chi connectivity index (χ2n) is 5.51. The highest BCUT2D eigenvalue weighted by atomic mass is 35.5. The normalized spacial score (nSPS) is 17.8. The number of aliphatic imine (C=N–C) groups is 1. The van der Waals surface area contributed by atoms with Crippen molar-refractivity contribution < 1.29 is 0 Å². The quantitative estimate of drug-likeness (QED) is 0.662. The Morgan fingerprint density at radius 2 is 2.05 bits per heavy atom. The van der Waals surface area contributed by atoms with E-state index in [2.05, 4.69) is 32.7 Å². The fourth-order valence-electron chi connectivity index (χ4n) is 2.74. The molecule has 1 aliphatic heterocycles. The van der Waals surface area contributed by atoms with Gasteiger partial charge in [-0.05, 0) is 43.5 Å². The van der Waals surface area contributed by atoms with Gasteiger partial charge in [0.25, 0.3) is 0 Å². The minimum absolute atomic E-state index is 0.720. The van der Waals surface area contributed by atoms with Crippen molar-refractivity contribution in [1.29, 1.82) is 0 Å². The molecule has 0 saturated carbocycles. The predicted octanol–water partition coefficient (Wildman–Crippen LogP) is 2.35. The summed E-state index contributed by atoms with van der Waals surface area (Å²) in [7, 11) is 3.69. The van der Waals surface area contributed by atoms with E-state index in [0.29, 0.717) is 0 Å². The second-order valence-corrected chi connectivity index (χ2v) is 5.92. The SMILES string of the molecule is CN=C(NC)NCC1CCN(Cc2ccccc2Cl)CC1. The standard InChI is InChI=1S/C16H25ClN4/c1-18-16(19-2)20-11-13-7-9-21(10-8-13)12-14-5-3-4-6-15(14)17/h3-6,13H,7-12H2,1-2H3,(H2,18,19,20). The van der Waals surface area contributed by atoms with Crippen molar-refractivity contribution in [3.8, 4) is 0 Å². The van der Waals surface area contributed by atoms with Crippen molar-refractivity contribution >= 4 is 17.6 Å². The fourth-order valence-corrected chi connectivity index (χ4v) is 2.93. The van der Waals surface area contributed by atoms with Gasteiger partial charge in [-0.2, -0.15) is 0 Å². The number of nitrogens with zero attached hydrogens (tertiary/aromatic N) is 2. The summed E-state index contributed by atoms with van der Waals surface area (Å²) in [6.07, 6.45) is 2.44. The van der Waals surface area contributed by atoms with Gasteiger partial charge in [0.15, 0.2) is 5.96 Å². The molecule has 1 aliphatic rings. The molecule has 21 heavy (non-hydrogen) atoms. The van der Waals surface area contributed by atoms with Crippen LogP contribution in [-0.2, 0) is 6.54 Å². The molecule has 0 bridgehead atoms. The average molecular weight is 309 g/mol. The predicted molar refractivity (Wildman–Crippen MR) is 89.9 cm³/mol. The highest BCUT2D eigenvalue weighted by Gasteiger charge is 2.19. The highest BCUT2D eigenvalue weighted by Crippen LogP contribution is 2.21. The smallest absolute Gasteiger partial charge is 0.190 e. The average Bonchev–Trinajstić information content (AvgIpc) is 2.52. The van der Waals surface area contributed by atoms with Crippen molar-refractivity contribution in [1.82, 2.24) is 15.5 Å². The van der Waals surface area contributed by atoms with Crippen LogP contribution in [0.15, 0.2) is 29.3 Å². The molecule has 0 atom stereocenters. The van der Waals surface area contributed by atoms with E-state index in [1.165, 1.54) is 18.4 Å². The third kappa shape index (κ3) is 4.90. The van der Waals surface area contributed by atoms with E-state index < -0.39 is 0 Å². The molecule has 4 nitrogen and oxygen atoms in total.